The molecule has 0 amide bonds. The topological polar surface area (TPSA) is 32.3 Å². The average Bonchev–Trinajstić information content (AvgIpc) is 2.19. The molecule has 0 spiro atoms. The molecule has 0 aliphatic carbocycles. The molecule has 0 aliphatic rings. The Kier molecular flexibility index (Phi) is 5.12. The molecule has 2 nitrogen and oxygen atoms in total. The first-order chi connectivity index (χ1) is 7.11. The highest BCUT2D eigenvalue weighted by molar-refractivity contribution is 9.10. The molecule has 0 bridgehead atoms. The van der Waals surface area contributed by atoms with E-state index in [2.05, 4.69) is 35.1 Å². The van der Waals surface area contributed by atoms with Gasteiger partial charge >= 0.3 is 0 Å². The van der Waals surface area contributed by atoms with Gasteiger partial charge in [0, 0.05) is 16.2 Å². The molecule has 1 rings (SSSR count). The highest BCUT2D eigenvalue weighted by Gasteiger charge is 2.08. The molecule has 0 saturated carbocycles. The van der Waals surface area contributed by atoms with Gasteiger partial charge in [0.2, 0.25) is 0 Å². The van der Waals surface area contributed by atoms with Gasteiger partial charge < -0.3 is 10.4 Å². The lowest BCUT2D eigenvalue weighted by molar-refractivity contribution is 0.259. The summed E-state index contributed by atoms with van der Waals surface area (Å²) in [7, 11) is 0. The van der Waals surface area contributed by atoms with Gasteiger partial charge in [0.15, 0.2) is 0 Å². The third-order valence-electron chi connectivity index (χ3n) is 2.19. The zero-order valence-corrected chi connectivity index (χ0v) is 10.8. The predicted octanol–water partition coefficient (Wildman–Crippen LogP) is 3.27. The molecule has 3 heteroatoms. The molecule has 0 aromatic heterocycles. The summed E-state index contributed by atoms with van der Waals surface area (Å²) >= 11 is 3.39. The second-order valence-electron chi connectivity index (χ2n) is 4.16. The van der Waals surface area contributed by atoms with E-state index in [4.69, 9.17) is 0 Å². The minimum atomic E-state index is 0.145. The molecule has 1 unspecified atom stereocenters. The standard InChI is InChI=1S/C12H18BrNO/c1-9(2)7-12(8-15)14-11-5-3-10(13)4-6-11/h3-6,9,12,14-15H,7-8H2,1-2H3. The van der Waals surface area contributed by atoms with Gasteiger partial charge in [-0.2, -0.15) is 0 Å². The molecule has 1 aromatic rings. The fourth-order valence-corrected chi connectivity index (χ4v) is 1.79. The number of aliphatic hydroxyl groups excluding tert-OH is 1. The van der Waals surface area contributed by atoms with Crippen LogP contribution in [0.1, 0.15) is 20.3 Å². The number of hydrogen-bond acceptors (Lipinski definition) is 2. The first-order valence-electron chi connectivity index (χ1n) is 5.24. The molecule has 1 atom stereocenters. The summed E-state index contributed by atoms with van der Waals surface area (Å²) < 4.78 is 1.07. The quantitative estimate of drug-likeness (QED) is 0.862. The third kappa shape index (κ3) is 4.67. The van der Waals surface area contributed by atoms with Crippen LogP contribution in [0, 0.1) is 5.92 Å². The highest BCUT2D eigenvalue weighted by atomic mass is 79.9. The summed E-state index contributed by atoms with van der Waals surface area (Å²) in [6.07, 6.45) is 0.979. The highest BCUT2D eigenvalue weighted by Crippen LogP contribution is 2.16. The van der Waals surface area contributed by atoms with Crippen LogP contribution < -0.4 is 5.32 Å². The van der Waals surface area contributed by atoms with Crippen LogP contribution in [0.2, 0.25) is 0 Å². The zero-order chi connectivity index (χ0) is 11.3. The van der Waals surface area contributed by atoms with Crippen molar-refractivity contribution < 1.29 is 5.11 Å². The Morgan fingerprint density at radius 3 is 2.33 bits per heavy atom. The fraction of sp³-hybridized carbons (Fsp3) is 0.500. The van der Waals surface area contributed by atoms with E-state index < -0.39 is 0 Å². The summed E-state index contributed by atoms with van der Waals surface area (Å²) in [4.78, 5) is 0. The van der Waals surface area contributed by atoms with Crippen molar-refractivity contribution in [3.05, 3.63) is 28.7 Å². The van der Waals surface area contributed by atoms with Gasteiger partial charge in [-0.15, -0.1) is 0 Å². The van der Waals surface area contributed by atoms with Crippen LogP contribution in [-0.2, 0) is 0 Å². The molecule has 1 aromatic carbocycles. The normalized spacial score (nSPS) is 12.9. The van der Waals surface area contributed by atoms with Crippen molar-refractivity contribution in [2.24, 2.45) is 5.92 Å². The molecule has 0 radical (unpaired) electrons. The first kappa shape index (κ1) is 12.5. The number of benzene rings is 1. The Hall–Kier alpha value is -0.540. The van der Waals surface area contributed by atoms with Crippen molar-refractivity contribution in [2.75, 3.05) is 11.9 Å². The van der Waals surface area contributed by atoms with Gasteiger partial charge in [-0.1, -0.05) is 29.8 Å². The van der Waals surface area contributed by atoms with Crippen LogP contribution in [-0.4, -0.2) is 17.8 Å². The maximum Gasteiger partial charge on any atom is 0.0632 e. The molecule has 0 fully saturated rings. The van der Waals surface area contributed by atoms with E-state index in [1.165, 1.54) is 0 Å². The van der Waals surface area contributed by atoms with Crippen LogP contribution in [0.15, 0.2) is 28.7 Å². The molecule has 0 saturated heterocycles. The van der Waals surface area contributed by atoms with Gasteiger partial charge in [-0.05, 0) is 36.6 Å². The van der Waals surface area contributed by atoms with E-state index in [1.807, 2.05) is 24.3 Å². The van der Waals surface area contributed by atoms with Crippen LogP contribution >= 0.6 is 15.9 Å². The van der Waals surface area contributed by atoms with E-state index in [0.29, 0.717) is 5.92 Å². The van der Waals surface area contributed by atoms with E-state index >= 15 is 0 Å². The monoisotopic (exact) mass is 271 g/mol. The average molecular weight is 272 g/mol. The second-order valence-corrected chi connectivity index (χ2v) is 5.08. The van der Waals surface area contributed by atoms with E-state index in [-0.39, 0.29) is 12.6 Å². The van der Waals surface area contributed by atoms with E-state index in [1.54, 1.807) is 0 Å². The summed E-state index contributed by atoms with van der Waals surface area (Å²) in [6, 6.07) is 8.14. The van der Waals surface area contributed by atoms with Gasteiger partial charge in [0.25, 0.3) is 0 Å². The molecular formula is C12H18BrNO. The van der Waals surface area contributed by atoms with Crippen LogP contribution in [0.4, 0.5) is 5.69 Å². The summed E-state index contributed by atoms with van der Waals surface area (Å²) in [5.41, 5.74) is 1.05. The van der Waals surface area contributed by atoms with Gasteiger partial charge in [0.05, 0.1) is 6.61 Å². The SMILES string of the molecule is CC(C)CC(CO)Nc1ccc(Br)cc1. The molecular weight excluding hydrogens is 254 g/mol. The van der Waals surface area contributed by atoms with Crippen molar-refractivity contribution >= 4 is 21.6 Å². The number of nitrogens with one attached hydrogen (secondary N) is 1. The van der Waals surface area contributed by atoms with Crippen LogP contribution in [0.3, 0.4) is 0 Å². The summed E-state index contributed by atoms with van der Waals surface area (Å²) in [6.45, 7) is 4.49. The molecule has 0 aliphatic heterocycles. The van der Waals surface area contributed by atoms with Crippen molar-refractivity contribution in [1.29, 1.82) is 0 Å². The van der Waals surface area contributed by atoms with Gasteiger partial charge in [0.1, 0.15) is 0 Å². The van der Waals surface area contributed by atoms with Gasteiger partial charge in [-0.3, -0.25) is 0 Å². The Morgan fingerprint density at radius 2 is 1.87 bits per heavy atom. The Labute approximate surface area is 99.8 Å². The minimum absolute atomic E-state index is 0.145. The van der Waals surface area contributed by atoms with Gasteiger partial charge in [-0.25, -0.2) is 0 Å². The minimum Gasteiger partial charge on any atom is -0.394 e. The largest absolute Gasteiger partial charge is 0.394 e. The summed E-state index contributed by atoms with van der Waals surface area (Å²) in [5, 5.41) is 12.5. The van der Waals surface area contributed by atoms with Crippen LogP contribution in [0.25, 0.3) is 0 Å². The smallest absolute Gasteiger partial charge is 0.0632 e. The number of anilines is 1. The Morgan fingerprint density at radius 1 is 1.27 bits per heavy atom. The molecule has 15 heavy (non-hydrogen) atoms. The van der Waals surface area contributed by atoms with Crippen molar-refractivity contribution in [3.63, 3.8) is 0 Å². The van der Waals surface area contributed by atoms with Crippen molar-refractivity contribution in [3.8, 4) is 0 Å². The summed E-state index contributed by atoms with van der Waals surface area (Å²) in [5.74, 6) is 0.588. The van der Waals surface area contributed by atoms with Crippen molar-refractivity contribution in [2.45, 2.75) is 26.3 Å². The lowest BCUT2D eigenvalue weighted by Gasteiger charge is -2.19. The number of halogens is 1. The Balaban J connectivity index is 2.54. The first-order valence-corrected chi connectivity index (χ1v) is 6.04. The Bertz CT molecular complexity index is 284. The molecule has 2 N–H and O–H groups in total. The molecule has 84 valence electrons. The van der Waals surface area contributed by atoms with E-state index in [9.17, 15) is 5.11 Å². The number of rotatable bonds is 5. The maximum atomic E-state index is 9.22. The third-order valence-corrected chi connectivity index (χ3v) is 2.72. The fourth-order valence-electron chi connectivity index (χ4n) is 1.53. The lowest BCUT2D eigenvalue weighted by atomic mass is 10.0. The number of hydrogen-bond donors (Lipinski definition) is 2. The van der Waals surface area contributed by atoms with E-state index in [0.717, 1.165) is 16.6 Å². The van der Waals surface area contributed by atoms with Crippen molar-refractivity contribution in [1.82, 2.24) is 0 Å². The maximum absolute atomic E-state index is 9.22. The van der Waals surface area contributed by atoms with Crippen LogP contribution in [0.5, 0.6) is 0 Å². The molecule has 0 heterocycles. The second kappa shape index (κ2) is 6.13. The number of aliphatic hydroxyl groups is 1. The lowest BCUT2D eigenvalue weighted by Crippen LogP contribution is -2.25. The zero-order valence-electron chi connectivity index (χ0n) is 9.20. The predicted molar refractivity (Wildman–Crippen MR) is 68.1 cm³/mol.